The summed E-state index contributed by atoms with van der Waals surface area (Å²) < 4.78 is 0.872. The van der Waals surface area contributed by atoms with Crippen LogP contribution in [0.2, 0.25) is 0 Å². The number of hydrogen-bond donors (Lipinski definition) is 4. The molecule has 0 atom stereocenters. The maximum Gasteiger partial charge on any atom is 0.492 e. The van der Waals surface area contributed by atoms with E-state index in [1.54, 1.807) is 11.4 Å². The summed E-state index contributed by atoms with van der Waals surface area (Å²) in [6.07, 6.45) is 0. The zero-order chi connectivity index (χ0) is 10.3. The van der Waals surface area contributed by atoms with Gasteiger partial charge >= 0.3 is 7.12 Å². The van der Waals surface area contributed by atoms with Crippen LogP contribution in [-0.2, 0) is 0 Å². The molecule has 0 aliphatic rings. The zero-order valence-electron chi connectivity index (χ0n) is 7.01. The van der Waals surface area contributed by atoms with Crippen molar-refractivity contribution in [3.8, 4) is 5.75 Å². The van der Waals surface area contributed by atoms with Crippen molar-refractivity contribution in [2.45, 2.75) is 4.90 Å². The molecule has 0 fully saturated rings. The molecule has 2 rings (SSSR count). The first-order chi connectivity index (χ1) is 6.61. The third-order valence-electron chi connectivity index (χ3n) is 2.00. The Morgan fingerprint density at radius 3 is 2.64 bits per heavy atom. The van der Waals surface area contributed by atoms with E-state index < -0.39 is 7.12 Å². The fourth-order valence-electron chi connectivity index (χ4n) is 1.32. The highest BCUT2D eigenvalue weighted by Crippen LogP contribution is 2.33. The lowest BCUT2D eigenvalue weighted by molar-refractivity contribution is 0.420. The van der Waals surface area contributed by atoms with Crippen LogP contribution >= 0.6 is 24.0 Å². The molecule has 0 unspecified atom stereocenters. The van der Waals surface area contributed by atoms with Gasteiger partial charge in [0.2, 0.25) is 0 Å². The van der Waals surface area contributed by atoms with Gasteiger partial charge in [-0.2, -0.15) is 0 Å². The number of hydrogen-bond acceptors (Lipinski definition) is 5. The number of thiol groups is 1. The Labute approximate surface area is 90.2 Å². The molecular formula is C8H7BO3S2. The molecule has 1 aromatic carbocycles. The Balaban J connectivity index is 2.79. The number of benzene rings is 1. The summed E-state index contributed by atoms with van der Waals surface area (Å²) >= 11 is 5.62. The van der Waals surface area contributed by atoms with Gasteiger partial charge in [0, 0.05) is 25.8 Å². The molecular weight excluding hydrogens is 219 g/mol. The van der Waals surface area contributed by atoms with Crippen LogP contribution in [-0.4, -0.2) is 22.3 Å². The van der Waals surface area contributed by atoms with Gasteiger partial charge in [-0.05, 0) is 6.07 Å². The number of phenols is 1. The monoisotopic (exact) mass is 226 g/mol. The zero-order valence-corrected chi connectivity index (χ0v) is 8.72. The average molecular weight is 226 g/mol. The number of fused-ring (bicyclic) bond motifs is 1. The molecule has 3 nitrogen and oxygen atoms in total. The van der Waals surface area contributed by atoms with Crippen LogP contribution in [0, 0.1) is 0 Å². The largest absolute Gasteiger partial charge is 0.508 e. The molecule has 6 heteroatoms. The van der Waals surface area contributed by atoms with Crippen molar-refractivity contribution in [2.75, 3.05) is 0 Å². The number of rotatable bonds is 1. The highest BCUT2D eigenvalue weighted by Gasteiger charge is 2.19. The Morgan fingerprint density at radius 2 is 2.00 bits per heavy atom. The lowest BCUT2D eigenvalue weighted by Gasteiger charge is -2.04. The van der Waals surface area contributed by atoms with Crippen LogP contribution in [0.4, 0.5) is 0 Å². The third-order valence-corrected chi connectivity index (χ3v) is 3.48. The van der Waals surface area contributed by atoms with Crippen LogP contribution in [0.1, 0.15) is 0 Å². The van der Waals surface area contributed by atoms with E-state index in [0.717, 1.165) is 4.70 Å². The van der Waals surface area contributed by atoms with Crippen molar-refractivity contribution >= 4 is 46.6 Å². The topological polar surface area (TPSA) is 60.7 Å². The van der Waals surface area contributed by atoms with Crippen LogP contribution in [0.25, 0.3) is 10.1 Å². The van der Waals surface area contributed by atoms with Gasteiger partial charge in [0.1, 0.15) is 5.75 Å². The Bertz CT molecular complexity index is 481. The highest BCUT2D eigenvalue weighted by molar-refractivity contribution is 7.80. The van der Waals surface area contributed by atoms with E-state index in [2.05, 4.69) is 12.6 Å². The molecule has 0 amide bonds. The predicted molar refractivity (Wildman–Crippen MR) is 60.6 cm³/mol. The van der Waals surface area contributed by atoms with Crippen molar-refractivity contribution in [1.29, 1.82) is 0 Å². The lowest BCUT2D eigenvalue weighted by atomic mass is 9.79. The summed E-state index contributed by atoms with van der Waals surface area (Å²) in [5, 5.41) is 30.0. The summed E-state index contributed by atoms with van der Waals surface area (Å²) in [5.74, 6) is -0.108. The smallest absolute Gasteiger partial charge is 0.492 e. The SMILES string of the molecule is OB(O)c1ccc2scc(S)c2c1O. The van der Waals surface area contributed by atoms with Crippen LogP contribution < -0.4 is 5.46 Å². The Morgan fingerprint density at radius 1 is 1.29 bits per heavy atom. The molecule has 1 heterocycles. The van der Waals surface area contributed by atoms with E-state index in [9.17, 15) is 5.11 Å². The Kier molecular flexibility index (Phi) is 2.44. The molecule has 1 aromatic heterocycles. The van der Waals surface area contributed by atoms with E-state index in [0.29, 0.717) is 10.3 Å². The van der Waals surface area contributed by atoms with Gasteiger partial charge in [0.05, 0.1) is 0 Å². The average Bonchev–Trinajstić information content (AvgIpc) is 2.48. The molecule has 2 aromatic rings. The fourth-order valence-corrected chi connectivity index (χ4v) is 2.61. The first kappa shape index (κ1) is 9.85. The van der Waals surface area contributed by atoms with Crippen LogP contribution in [0.15, 0.2) is 22.4 Å². The number of aromatic hydroxyl groups is 1. The number of phenolic OH excluding ortho intramolecular Hbond substituents is 1. The van der Waals surface area contributed by atoms with Gasteiger partial charge in [-0.1, -0.05) is 6.07 Å². The maximum absolute atomic E-state index is 9.73. The van der Waals surface area contributed by atoms with Crippen molar-refractivity contribution in [3.63, 3.8) is 0 Å². The van der Waals surface area contributed by atoms with E-state index in [1.807, 2.05) is 0 Å². The second-order valence-corrected chi connectivity index (χ2v) is 4.26. The minimum Gasteiger partial charge on any atom is -0.508 e. The van der Waals surface area contributed by atoms with Gasteiger partial charge in [-0.15, -0.1) is 24.0 Å². The van der Waals surface area contributed by atoms with Gasteiger partial charge in [0.25, 0.3) is 0 Å². The minimum absolute atomic E-state index is 0.103. The van der Waals surface area contributed by atoms with Crippen LogP contribution in [0.5, 0.6) is 5.75 Å². The van der Waals surface area contributed by atoms with E-state index in [4.69, 9.17) is 10.0 Å². The molecule has 14 heavy (non-hydrogen) atoms. The minimum atomic E-state index is -1.66. The van der Waals surface area contributed by atoms with Gasteiger partial charge in [0.15, 0.2) is 0 Å². The first-order valence-electron chi connectivity index (χ1n) is 3.89. The second-order valence-electron chi connectivity index (χ2n) is 2.87. The standard InChI is InChI=1S/C8H7BO3S2/c10-8-4(9(11)12)1-2-6-7(8)5(13)3-14-6/h1-3,10-13H. The first-order valence-corrected chi connectivity index (χ1v) is 5.22. The molecule has 0 radical (unpaired) electrons. The Hall–Kier alpha value is -0.685. The summed E-state index contributed by atoms with van der Waals surface area (Å²) in [4.78, 5) is 0.644. The van der Waals surface area contributed by atoms with Gasteiger partial charge < -0.3 is 15.2 Å². The molecule has 72 valence electrons. The molecule has 0 aliphatic carbocycles. The molecule has 3 N–H and O–H groups in total. The van der Waals surface area contributed by atoms with Gasteiger partial charge in [-0.25, -0.2) is 0 Å². The van der Waals surface area contributed by atoms with E-state index in [1.165, 1.54) is 17.4 Å². The predicted octanol–water partition coefficient (Wildman–Crippen LogP) is 0.575. The van der Waals surface area contributed by atoms with Crippen LogP contribution in [0.3, 0.4) is 0 Å². The van der Waals surface area contributed by atoms with Crippen molar-refractivity contribution in [1.82, 2.24) is 0 Å². The lowest BCUT2D eigenvalue weighted by Crippen LogP contribution is -2.29. The van der Waals surface area contributed by atoms with Crippen molar-refractivity contribution in [3.05, 3.63) is 17.5 Å². The summed E-state index contributed by atoms with van der Waals surface area (Å²) in [6, 6.07) is 3.22. The summed E-state index contributed by atoms with van der Waals surface area (Å²) in [5.41, 5.74) is 0.103. The van der Waals surface area contributed by atoms with Crippen molar-refractivity contribution < 1.29 is 15.2 Å². The third kappa shape index (κ3) is 1.40. The van der Waals surface area contributed by atoms with E-state index in [-0.39, 0.29) is 11.2 Å². The molecule has 0 bridgehead atoms. The fraction of sp³-hybridized carbons (Fsp3) is 0. The quantitative estimate of drug-likeness (QED) is 0.425. The summed E-state index contributed by atoms with van der Waals surface area (Å²) in [7, 11) is -1.66. The van der Waals surface area contributed by atoms with Crippen molar-refractivity contribution in [2.24, 2.45) is 0 Å². The van der Waals surface area contributed by atoms with Gasteiger partial charge in [-0.3, -0.25) is 0 Å². The normalized spacial score (nSPS) is 10.8. The molecule has 0 aliphatic heterocycles. The molecule has 0 saturated heterocycles. The number of thiophene rings is 1. The van der Waals surface area contributed by atoms with E-state index >= 15 is 0 Å². The molecule has 0 spiro atoms. The summed E-state index contributed by atoms with van der Waals surface area (Å²) in [6.45, 7) is 0. The second kappa shape index (κ2) is 3.47. The maximum atomic E-state index is 9.73. The highest BCUT2D eigenvalue weighted by atomic mass is 32.1. The molecule has 0 saturated carbocycles.